The predicted molar refractivity (Wildman–Crippen MR) is 94.0 cm³/mol. The Bertz CT molecular complexity index is 834. The topological polar surface area (TPSA) is 85.8 Å². The van der Waals surface area contributed by atoms with Crippen molar-refractivity contribution < 1.29 is 26.7 Å². The first-order valence-corrected chi connectivity index (χ1v) is 9.98. The molecule has 1 atom stereocenters. The number of fused-ring (bicyclic) bond motifs is 1. The zero-order valence-corrected chi connectivity index (χ0v) is 15.5. The first-order chi connectivity index (χ1) is 12.6. The van der Waals surface area contributed by atoms with Crippen LogP contribution in [0.1, 0.15) is 24.6 Å². The lowest BCUT2D eigenvalue weighted by Crippen LogP contribution is -2.51. The van der Waals surface area contributed by atoms with Gasteiger partial charge in [0, 0.05) is 38.9 Å². The molecule has 0 radical (unpaired) electrons. The number of aliphatic hydroxyl groups is 1. The smallest absolute Gasteiger partial charge is 0.370 e. The van der Waals surface area contributed by atoms with Crippen molar-refractivity contribution >= 4 is 21.8 Å². The normalized spacial score (nSPS) is 22.1. The Morgan fingerprint density at radius 1 is 1.30 bits per heavy atom. The molecule has 2 aliphatic rings. The Kier molecular flexibility index (Phi) is 5.48. The highest BCUT2D eigenvalue weighted by molar-refractivity contribution is 7.90. The molecule has 0 aliphatic carbocycles. The van der Waals surface area contributed by atoms with Crippen LogP contribution in [0.4, 0.5) is 18.9 Å². The van der Waals surface area contributed by atoms with Crippen LogP contribution in [-0.2, 0) is 16.6 Å². The molecule has 0 spiro atoms. The molecule has 3 heterocycles. The number of nitrogens with one attached hydrogen (secondary N) is 1. The van der Waals surface area contributed by atoms with Crippen LogP contribution in [0, 0.1) is 0 Å². The average Bonchev–Trinajstić information content (AvgIpc) is 2.60. The van der Waals surface area contributed by atoms with Crippen molar-refractivity contribution in [1.82, 2.24) is 14.2 Å². The molecule has 1 fully saturated rings. The summed E-state index contributed by atoms with van der Waals surface area (Å²) >= 11 is 0. The van der Waals surface area contributed by atoms with Crippen molar-refractivity contribution in [2.75, 3.05) is 31.5 Å². The molecule has 0 amide bonds. The molecule has 11 heteroatoms. The lowest BCUT2D eigenvalue weighted by atomic mass is 10.0. The Morgan fingerprint density at radius 2 is 1.96 bits per heavy atom. The number of aliphatic hydroxyl groups excluding tert-OH is 1. The number of nitrogens with zero attached hydrogens (tertiary/aromatic N) is 3. The predicted octanol–water partition coefficient (Wildman–Crippen LogP) is 1.59. The zero-order valence-electron chi connectivity index (χ0n) is 14.7. The van der Waals surface area contributed by atoms with E-state index in [4.69, 9.17) is 0 Å². The monoisotopic (exact) mass is 406 g/mol. The maximum Gasteiger partial charge on any atom is 0.511 e. The number of piperazine rings is 1. The van der Waals surface area contributed by atoms with Gasteiger partial charge >= 0.3 is 15.5 Å². The molecule has 2 N–H and O–H groups in total. The van der Waals surface area contributed by atoms with Gasteiger partial charge in [0.05, 0.1) is 11.4 Å². The summed E-state index contributed by atoms with van der Waals surface area (Å²) in [6.45, 7) is 2.35. The molecule has 0 bridgehead atoms. The number of halogens is 3. The highest BCUT2D eigenvalue weighted by Gasteiger charge is 2.50. The van der Waals surface area contributed by atoms with Gasteiger partial charge in [0.1, 0.15) is 6.23 Å². The van der Waals surface area contributed by atoms with E-state index >= 15 is 0 Å². The van der Waals surface area contributed by atoms with Gasteiger partial charge in [0.15, 0.2) is 0 Å². The summed E-state index contributed by atoms with van der Waals surface area (Å²) in [5.41, 5.74) is -2.19. The summed E-state index contributed by atoms with van der Waals surface area (Å²) in [6, 6.07) is 1.84. The summed E-state index contributed by atoms with van der Waals surface area (Å²) in [5, 5.41) is 13.0. The first-order valence-electron chi connectivity index (χ1n) is 8.54. The van der Waals surface area contributed by atoms with Gasteiger partial charge in [0.2, 0.25) is 0 Å². The highest BCUT2D eigenvalue weighted by atomic mass is 32.2. The lowest BCUT2D eigenvalue weighted by Gasteiger charge is -2.34. The van der Waals surface area contributed by atoms with Crippen LogP contribution in [0.5, 0.6) is 0 Å². The van der Waals surface area contributed by atoms with Crippen molar-refractivity contribution in [2.45, 2.75) is 31.6 Å². The molecule has 0 saturated carbocycles. The van der Waals surface area contributed by atoms with Crippen LogP contribution in [-0.4, -0.2) is 65.6 Å². The molecular formula is C16H21F3N4O3S. The summed E-state index contributed by atoms with van der Waals surface area (Å²) in [6.07, 6.45) is 3.44. The minimum Gasteiger partial charge on any atom is -0.370 e. The van der Waals surface area contributed by atoms with E-state index in [0.717, 1.165) is 16.8 Å². The summed E-state index contributed by atoms with van der Waals surface area (Å²) in [7, 11) is -5.27. The van der Waals surface area contributed by atoms with Gasteiger partial charge in [-0.3, -0.25) is 9.88 Å². The largest absolute Gasteiger partial charge is 0.511 e. The molecule has 3 rings (SSSR count). The fraction of sp³-hybridized carbons (Fsp3) is 0.562. The number of hydrogen-bond acceptors (Lipinski definition) is 6. The minimum atomic E-state index is -5.27. The highest BCUT2D eigenvalue weighted by Crippen LogP contribution is 2.29. The SMILES string of the molecule is CCC1=Cc2ncc(CN3CCN(S(=O)(=O)C(F)(F)F)CC3)cc2NC1O. The van der Waals surface area contributed by atoms with Gasteiger partial charge in [-0.15, -0.1) is 0 Å². The molecule has 0 aromatic carbocycles. The van der Waals surface area contributed by atoms with Crippen LogP contribution < -0.4 is 5.32 Å². The van der Waals surface area contributed by atoms with E-state index in [-0.39, 0.29) is 26.2 Å². The number of aromatic nitrogens is 1. The van der Waals surface area contributed by atoms with E-state index in [1.165, 1.54) is 0 Å². The number of sulfonamides is 1. The number of alkyl halides is 3. The molecule has 27 heavy (non-hydrogen) atoms. The van der Waals surface area contributed by atoms with Crippen molar-refractivity contribution in [2.24, 2.45) is 0 Å². The third-order valence-corrected chi connectivity index (χ3v) is 6.35. The summed E-state index contributed by atoms with van der Waals surface area (Å²) in [4.78, 5) is 6.25. The van der Waals surface area contributed by atoms with Gasteiger partial charge in [-0.2, -0.15) is 17.5 Å². The molecule has 2 aliphatic heterocycles. The number of rotatable bonds is 4. The second-order valence-electron chi connectivity index (χ2n) is 6.52. The Morgan fingerprint density at radius 3 is 2.56 bits per heavy atom. The van der Waals surface area contributed by atoms with E-state index in [0.29, 0.717) is 23.0 Å². The van der Waals surface area contributed by atoms with Crippen LogP contribution in [0.3, 0.4) is 0 Å². The number of pyridine rings is 1. The molecule has 1 unspecified atom stereocenters. The fourth-order valence-electron chi connectivity index (χ4n) is 3.16. The maximum absolute atomic E-state index is 12.6. The second-order valence-corrected chi connectivity index (χ2v) is 8.45. The van der Waals surface area contributed by atoms with E-state index in [2.05, 4.69) is 10.3 Å². The van der Waals surface area contributed by atoms with Crippen molar-refractivity contribution in [3.05, 3.63) is 29.1 Å². The van der Waals surface area contributed by atoms with E-state index in [1.807, 2.05) is 24.0 Å². The molecule has 7 nitrogen and oxygen atoms in total. The van der Waals surface area contributed by atoms with Gasteiger partial charge in [-0.05, 0) is 29.7 Å². The zero-order chi connectivity index (χ0) is 19.8. The van der Waals surface area contributed by atoms with Crippen molar-refractivity contribution in [3.8, 4) is 0 Å². The van der Waals surface area contributed by atoms with Crippen LogP contribution in [0.2, 0.25) is 0 Å². The average molecular weight is 406 g/mol. The van der Waals surface area contributed by atoms with E-state index in [1.54, 1.807) is 6.20 Å². The second kappa shape index (κ2) is 7.38. The molecular weight excluding hydrogens is 385 g/mol. The van der Waals surface area contributed by atoms with Gasteiger partial charge in [-0.25, -0.2) is 8.42 Å². The standard InChI is InChI=1S/C16H21F3N4O3S/c1-2-12-8-13-14(21-15(12)24)7-11(9-20-13)10-22-3-5-23(6-4-22)27(25,26)16(17,18)19/h7-9,15,21,24H,2-6,10H2,1H3. The fourth-order valence-corrected chi connectivity index (χ4v) is 4.10. The van der Waals surface area contributed by atoms with Crippen molar-refractivity contribution in [1.29, 1.82) is 0 Å². The Hall–Kier alpha value is -1.69. The Labute approximate surface area is 155 Å². The van der Waals surface area contributed by atoms with Crippen LogP contribution >= 0.6 is 0 Å². The van der Waals surface area contributed by atoms with Crippen molar-refractivity contribution in [3.63, 3.8) is 0 Å². The summed E-state index contributed by atoms with van der Waals surface area (Å²) < 4.78 is 61.2. The first kappa shape index (κ1) is 20.1. The maximum atomic E-state index is 12.6. The summed E-state index contributed by atoms with van der Waals surface area (Å²) in [5.74, 6) is 0. The molecule has 1 aromatic rings. The quantitative estimate of drug-likeness (QED) is 0.790. The van der Waals surface area contributed by atoms with Crippen LogP contribution in [0.15, 0.2) is 17.8 Å². The van der Waals surface area contributed by atoms with Gasteiger partial charge < -0.3 is 10.4 Å². The molecule has 150 valence electrons. The molecule has 1 saturated heterocycles. The van der Waals surface area contributed by atoms with E-state index in [9.17, 15) is 26.7 Å². The minimum absolute atomic E-state index is 0.197. The van der Waals surface area contributed by atoms with Crippen LogP contribution in [0.25, 0.3) is 6.08 Å². The number of hydrogen-bond donors (Lipinski definition) is 2. The third kappa shape index (κ3) is 4.10. The van der Waals surface area contributed by atoms with Gasteiger partial charge in [-0.1, -0.05) is 6.92 Å². The number of anilines is 1. The molecule has 1 aromatic heterocycles. The van der Waals surface area contributed by atoms with E-state index < -0.39 is 21.8 Å². The van der Waals surface area contributed by atoms with Gasteiger partial charge in [0.25, 0.3) is 0 Å². The lowest BCUT2D eigenvalue weighted by molar-refractivity contribution is -0.0500. The third-order valence-electron chi connectivity index (χ3n) is 4.72. The Balaban J connectivity index is 1.64.